The van der Waals surface area contributed by atoms with E-state index < -0.39 is 13.3 Å². The van der Waals surface area contributed by atoms with Gasteiger partial charge in [-0.1, -0.05) is 0 Å². The van der Waals surface area contributed by atoms with Crippen molar-refractivity contribution >= 4 is 89.6 Å². The van der Waals surface area contributed by atoms with Crippen LogP contribution in [-0.4, -0.2) is 30.8 Å². The quantitative estimate of drug-likeness (QED) is 0.257. The molecular formula is C22H14GeN4S4. The van der Waals surface area contributed by atoms with E-state index in [-0.39, 0.29) is 0 Å². The molecule has 0 fully saturated rings. The summed E-state index contributed by atoms with van der Waals surface area (Å²) in [4.78, 5) is 4.08. The van der Waals surface area contributed by atoms with Crippen molar-refractivity contribution in [1.29, 1.82) is 0 Å². The average molecular weight is 535 g/mol. The van der Waals surface area contributed by atoms with Gasteiger partial charge in [0.15, 0.2) is 0 Å². The number of hydrogen-bond donors (Lipinski definition) is 0. The molecule has 9 heteroatoms. The molecule has 6 aromatic rings. The van der Waals surface area contributed by atoms with Crippen LogP contribution in [-0.2, 0) is 0 Å². The van der Waals surface area contributed by atoms with Crippen molar-refractivity contribution in [2.75, 3.05) is 0 Å². The molecule has 2 aromatic carbocycles. The van der Waals surface area contributed by atoms with Crippen LogP contribution in [0.15, 0.2) is 48.5 Å². The molecule has 0 saturated heterocycles. The van der Waals surface area contributed by atoms with Crippen molar-refractivity contribution in [3.63, 3.8) is 0 Å². The Morgan fingerprint density at radius 2 is 1.29 bits per heavy atom. The first-order chi connectivity index (χ1) is 15.1. The summed E-state index contributed by atoms with van der Waals surface area (Å²) >= 11 is 4.12. The normalized spacial score (nSPS) is 14.4. The molecule has 0 radical (unpaired) electrons. The molecule has 7 rings (SSSR count). The molecule has 4 aromatic heterocycles. The van der Waals surface area contributed by atoms with Crippen LogP contribution in [0, 0.1) is 0 Å². The molecule has 150 valence electrons. The van der Waals surface area contributed by atoms with Gasteiger partial charge in [0.25, 0.3) is 0 Å². The van der Waals surface area contributed by atoms with Gasteiger partial charge >= 0.3 is 198 Å². The first-order valence-electron chi connectivity index (χ1n) is 9.83. The van der Waals surface area contributed by atoms with Crippen molar-refractivity contribution < 1.29 is 0 Å². The van der Waals surface area contributed by atoms with Crippen molar-refractivity contribution in [1.82, 2.24) is 17.5 Å². The van der Waals surface area contributed by atoms with Gasteiger partial charge in [-0.3, -0.25) is 0 Å². The fourth-order valence-electron chi connectivity index (χ4n) is 4.48. The Bertz CT molecular complexity index is 1520. The van der Waals surface area contributed by atoms with Crippen LogP contribution in [0.4, 0.5) is 0 Å². The van der Waals surface area contributed by atoms with Gasteiger partial charge in [-0.05, 0) is 0 Å². The Labute approximate surface area is 197 Å². The summed E-state index contributed by atoms with van der Waals surface area (Å²) in [6, 6.07) is 17.5. The summed E-state index contributed by atoms with van der Waals surface area (Å²) in [6.45, 7) is 0. The van der Waals surface area contributed by atoms with E-state index in [9.17, 15) is 0 Å². The zero-order valence-electron chi connectivity index (χ0n) is 16.5. The van der Waals surface area contributed by atoms with E-state index in [1.807, 2.05) is 34.8 Å². The first kappa shape index (κ1) is 18.6. The number of fused-ring (bicyclic) bond motifs is 5. The van der Waals surface area contributed by atoms with E-state index >= 15 is 0 Å². The summed E-state index contributed by atoms with van der Waals surface area (Å²) < 4.78 is 21.2. The van der Waals surface area contributed by atoms with Crippen molar-refractivity contribution in [2.24, 2.45) is 0 Å². The summed E-state index contributed by atoms with van der Waals surface area (Å²) in [7, 11) is 0. The number of hydrogen-bond acceptors (Lipinski definition) is 8. The van der Waals surface area contributed by atoms with Crippen LogP contribution >= 0.6 is 46.1 Å². The Kier molecular flexibility index (Phi) is 3.91. The minimum atomic E-state index is -2.35. The van der Waals surface area contributed by atoms with Crippen LogP contribution in [0.3, 0.4) is 0 Å². The van der Waals surface area contributed by atoms with Gasteiger partial charge in [-0.2, -0.15) is 0 Å². The summed E-state index contributed by atoms with van der Waals surface area (Å²) in [5.74, 6) is 5.05. The molecule has 0 bridgehead atoms. The van der Waals surface area contributed by atoms with E-state index in [1.165, 1.54) is 54.8 Å². The molecule has 0 amide bonds. The average Bonchev–Trinajstić information content (AvgIpc) is 3.57. The van der Waals surface area contributed by atoms with Crippen molar-refractivity contribution in [2.45, 2.75) is 11.5 Å². The van der Waals surface area contributed by atoms with Gasteiger partial charge in [0.2, 0.25) is 0 Å². The molecule has 0 aliphatic carbocycles. The second-order valence-corrected chi connectivity index (χ2v) is 21.1. The zero-order chi connectivity index (χ0) is 20.7. The molecule has 1 aliphatic heterocycles. The minimum absolute atomic E-state index is 0.986. The maximum atomic E-state index is 4.57. The number of thiophene rings is 2. The van der Waals surface area contributed by atoms with E-state index in [2.05, 4.69) is 65.4 Å². The molecule has 4 nitrogen and oxygen atoms in total. The molecule has 0 N–H and O–H groups in total. The molecule has 31 heavy (non-hydrogen) atoms. The predicted octanol–water partition coefficient (Wildman–Crippen LogP) is 5.96. The Hall–Kier alpha value is -1.98. The summed E-state index contributed by atoms with van der Waals surface area (Å²) in [5, 5.41) is 0. The standard InChI is InChI=1S/C22H14GeN4S4/c1-23(2)14-10-18(12-6-4-8-16-20(12)27-31-25-16)28-21(14)13-9-17(29-22(13)23)11-5-3-7-15-19(11)26-30-24-15/h3-10H,1-2H3. The van der Waals surface area contributed by atoms with Crippen LogP contribution in [0.2, 0.25) is 11.5 Å². The fourth-order valence-corrected chi connectivity index (χ4v) is 17.7. The van der Waals surface area contributed by atoms with E-state index in [0.717, 1.165) is 22.1 Å². The zero-order valence-corrected chi connectivity index (χ0v) is 21.9. The number of rotatable bonds is 2. The van der Waals surface area contributed by atoms with Gasteiger partial charge in [-0.15, -0.1) is 0 Å². The van der Waals surface area contributed by atoms with E-state index in [1.54, 1.807) is 8.11 Å². The monoisotopic (exact) mass is 536 g/mol. The van der Waals surface area contributed by atoms with Gasteiger partial charge in [0.1, 0.15) is 0 Å². The van der Waals surface area contributed by atoms with E-state index in [0.29, 0.717) is 0 Å². The summed E-state index contributed by atoms with van der Waals surface area (Å²) in [6.07, 6.45) is 0. The molecule has 1 aliphatic rings. The second-order valence-electron chi connectivity index (χ2n) is 8.21. The third-order valence-electron chi connectivity index (χ3n) is 6.05. The predicted molar refractivity (Wildman–Crippen MR) is 137 cm³/mol. The van der Waals surface area contributed by atoms with Gasteiger partial charge in [0, 0.05) is 0 Å². The topological polar surface area (TPSA) is 51.6 Å². The van der Waals surface area contributed by atoms with Crippen molar-refractivity contribution in [3.8, 4) is 31.3 Å². The first-order valence-corrected chi connectivity index (χ1v) is 19.2. The molecule has 5 heterocycles. The number of benzene rings is 2. The number of aromatic nitrogens is 4. The third kappa shape index (κ3) is 2.56. The van der Waals surface area contributed by atoms with Crippen molar-refractivity contribution in [3.05, 3.63) is 48.5 Å². The molecular weight excluding hydrogens is 521 g/mol. The molecule has 0 atom stereocenters. The summed E-state index contributed by atoms with van der Waals surface area (Å²) in [5.41, 5.74) is 7.88. The fraction of sp³-hybridized carbons (Fsp3) is 0.0909. The third-order valence-corrected chi connectivity index (χ3v) is 19.6. The van der Waals surface area contributed by atoms with E-state index in [4.69, 9.17) is 0 Å². The van der Waals surface area contributed by atoms with Crippen LogP contribution in [0.5, 0.6) is 0 Å². The Balaban J connectivity index is 1.42. The SMILES string of the molecule is [CH3][Ge]1([CH3])[c]2cc(-c3cccc4nsnc34)sc2-c2cc(-c3cccc4nsnc34)s[c]21. The van der Waals surface area contributed by atoms with Crippen LogP contribution < -0.4 is 8.11 Å². The molecule has 0 saturated carbocycles. The molecule has 0 spiro atoms. The number of nitrogens with zero attached hydrogens (tertiary/aromatic N) is 4. The van der Waals surface area contributed by atoms with Crippen LogP contribution in [0.25, 0.3) is 53.4 Å². The van der Waals surface area contributed by atoms with Gasteiger partial charge in [-0.25, -0.2) is 0 Å². The Morgan fingerprint density at radius 1 is 0.677 bits per heavy atom. The second kappa shape index (κ2) is 6.52. The van der Waals surface area contributed by atoms with Crippen LogP contribution in [0.1, 0.15) is 0 Å². The van der Waals surface area contributed by atoms with Gasteiger partial charge in [0.05, 0.1) is 0 Å². The van der Waals surface area contributed by atoms with Gasteiger partial charge < -0.3 is 0 Å². The maximum absolute atomic E-state index is 4.57. The Morgan fingerprint density at radius 3 is 1.94 bits per heavy atom. The molecule has 0 unspecified atom stereocenters.